The largest absolute Gasteiger partial charge is 0.347 e. The number of hydrogen-bond acceptors (Lipinski definition) is 2. The van der Waals surface area contributed by atoms with Crippen LogP contribution in [0.5, 0.6) is 0 Å². The number of nitrogens with zero attached hydrogens (tertiary/aromatic N) is 1. The number of carbonyl (C=O) groups excluding carboxylic acids is 2. The fourth-order valence-corrected chi connectivity index (χ4v) is 6.61. The zero-order valence-corrected chi connectivity index (χ0v) is 15.1. The minimum Gasteiger partial charge on any atom is -0.347 e. The molecule has 0 aromatic heterocycles. The van der Waals surface area contributed by atoms with Crippen molar-refractivity contribution in [3.05, 3.63) is 0 Å². The van der Waals surface area contributed by atoms with E-state index in [2.05, 4.69) is 12.2 Å². The molecule has 0 aromatic rings. The molecule has 5 fully saturated rings. The van der Waals surface area contributed by atoms with Crippen LogP contribution in [0.15, 0.2) is 0 Å². The maximum Gasteiger partial charge on any atom is 0.241 e. The van der Waals surface area contributed by atoms with E-state index < -0.39 is 0 Å². The Labute approximate surface area is 145 Å². The summed E-state index contributed by atoms with van der Waals surface area (Å²) < 4.78 is 0. The highest BCUT2D eigenvalue weighted by Crippen LogP contribution is 2.61. The smallest absolute Gasteiger partial charge is 0.241 e. The second-order valence-corrected chi connectivity index (χ2v) is 9.46. The highest BCUT2D eigenvalue weighted by molar-refractivity contribution is 5.85. The first-order chi connectivity index (χ1) is 11.5. The lowest BCUT2D eigenvalue weighted by molar-refractivity contribution is -0.136. The maximum absolute atomic E-state index is 12.5. The molecule has 1 unspecified atom stereocenters. The fraction of sp³-hybridized carbons (Fsp3) is 0.900. The number of nitrogens with one attached hydrogen (secondary N) is 1. The van der Waals surface area contributed by atoms with Crippen molar-refractivity contribution in [2.75, 3.05) is 19.6 Å². The Balaban J connectivity index is 1.27. The van der Waals surface area contributed by atoms with Gasteiger partial charge in [0.1, 0.15) is 0 Å². The molecule has 1 atom stereocenters. The fourth-order valence-electron chi connectivity index (χ4n) is 6.61. The predicted octanol–water partition coefficient (Wildman–Crippen LogP) is 2.97. The molecular weight excluding hydrogens is 300 g/mol. The van der Waals surface area contributed by atoms with E-state index in [-0.39, 0.29) is 23.8 Å². The Morgan fingerprint density at radius 2 is 1.71 bits per heavy atom. The summed E-state index contributed by atoms with van der Waals surface area (Å²) in [4.78, 5) is 26.8. The van der Waals surface area contributed by atoms with Crippen LogP contribution in [0.25, 0.3) is 0 Å². The van der Waals surface area contributed by atoms with Crippen LogP contribution in [-0.2, 0) is 9.59 Å². The lowest BCUT2D eigenvalue weighted by Crippen LogP contribution is -2.49. The summed E-state index contributed by atoms with van der Waals surface area (Å²) >= 11 is 0. The summed E-state index contributed by atoms with van der Waals surface area (Å²) in [6.45, 7) is 4.10. The lowest BCUT2D eigenvalue weighted by atomic mass is 9.49. The molecule has 4 nitrogen and oxygen atoms in total. The molecule has 0 radical (unpaired) electrons. The Bertz CT molecular complexity index is 480. The maximum atomic E-state index is 12.5. The van der Waals surface area contributed by atoms with Gasteiger partial charge in [0.25, 0.3) is 0 Å². The Hall–Kier alpha value is -1.06. The van der Waals surface area contributed by atoms with Gasteiger partial charge in [-0.2, -0.15) is 0 Å². The summed E-state index contributed by atoms with van der Waals surface area (Å²) in [5.74, 6) is 3.42. The van der Waals surface area contributed by atoms with Crippen molar-refractivity contribution in [2.24, 2.45) is 29.1 Å². The molecule has 1 aliphatic heterocycles. The quantitative estimate of drug-likeness (QED) is 0.860. The molecule has 4 bridgehead atoms. The van der Waals surface area contributed by atoms with Gasteiger partial charge in [0.2, 0.25) is 11.8 Å². The van der Waals surface area contributed by atoms with Crippen LogP contribution in [0.2, 0.25) is 0 Å². The molecular formula is C20H32N2O2. The lowest BCUT2D eigenvalue weighted by Gasteiger charge is -2.56. The zero-order chi connectivity index (χ0) is 16.7. The zero-order valence-electron chi connectivity index (χ0n) is 15.1. The van der Waals surface area contributed by atoms with Gasteiger partial charge in [0, 0.05) is 19.5 Å². The van der Waals surface area contributed by atoms with Crippen LogP contribution < -0.4 is 5.32 Å². The highest BCUT2D eigenvalue weighted by Gasteiger charge is 2.51. The number of hydrogen-bond donors (Lipinski definition) is 1. The highest BCUT2D eigenvalue weighted by atomic mass is 16.2. The van der Waals surface area contributed by atoms with Gasteiger partial charge in [-0.3, -0.25) is 9.59 Å². The van der Waals surface area contributed by atoms with Crippen molar-refractivity contribution in [2.45, 2.75) is 64.7 Å². The average Bonchev–Trinajstić information content (AvgIpc) is 2.50. The van der Waals surface area contributed by atoms with Crippen molar-refractivity contribution in [1.82, 2.24) is 10.2 Å². The standard InChI is InChI=1S/C20H32N2O2/c1-14-3-2-4-22(13-14)19(24)12-21-18(23)11-20-8-15-5-16(9-20)7-17(6-15)10-20/h14-17H,2-13H2,1H3,(H,21,23). The third-order valence-electron chi connectivity index (χ3n) is 7.15. The summed E-state index contributed by atoms with van der Waals surface area (Å²) in [6, 6.07) is 0. The van der Waals surface area contributed by atoms with Crippen LogP contribution in [0.4, 0.5) is 0 Å². The van der Waals surface area contributed by atoms with Crippen molar-refractivity contribution in [3.8, 4) is 0 Å². The van der Waals surface area contributed by atoms with E-state index in [9.17, 15) is 9.59 Å². The van der Waals surface area contributed by atoms with Crippen molar-refractivity contribution < 1.29 is 9.59 Å². The van der Waals surface area contributed by atoms with E-state index in [0.717, 1.165) is 37.3 Å². The monoisotopic (exact) mass is 332 g/mol. The number of piperidine rings is 1. The number of likely N-dealkylation sites (tertiary alicyclic amines) is 1. The second-order valence-electron chi connectivity index (χ2n) is 9.46. The first-order valence-electron chi connectivity index (χ1n) is 10.1. The van der Waals surface area contributed by atoms with E-state index in [4.69, 9.17) is 0 Å². The van der Waals surface area contributed by atoms with Crippen LogP contribution in [0, 0.1) is 29.1 Å². The molecule has 5 aliphatic rings. The van der Waals surface area contributed by atoms with Gasteiger partial charge in [-0.05, 0) is 80.5 Å². The average molecular weight is 332 g/mol. The van der Waals surface area contributed by atoms with Gasteiger partial charge in [-0.1, -0.05) is 6.92 Å². The number of rotatable bonds is 4. The molecule has 4 aliphatic carbocycles. The van der Waals surface area contributed by atoms with Gasteiger partial charge in [-0.15, -0.1) is 0 Å². The third-order valence-corrected chi connectivity index (χ3v) is 7.15. The van der Waals surface area contributed by atoms with Gasteiger partial charge in [0.15, 0.2) is 0 Å². The van der Waals surface area contributed by atoms with Crippen molar-refractivity contribution in [3.63, 3.8) is 0 Å². The molecule has 1 N–H and O–H groups in total. The summed E-state index contributed by atoms with van der Waals surface area (Å²) in [7, 11) is 0. The van der Waals surface area contributed by atoms with E-state index in [0.29, 0.717) is 12.3 Å². The number of carbonyl (C=O) groups is 2. The van der Waals surface area contributed by atoms with Crippen LogP contribution in [0.1, 0.15) is 64.7 Å². The first kappa shape index (κ1) is 16.4. The topological polar surface area (TPSA) is 49.4 Å². The first-order valence-corrected chi connectivity index (χ1v) is 10.1. The molecule has 4 heteroatoms. The van der Waals surface area contributed by atoms with Gasteiger partial charge < -0.3 is 10.2 Å². The molecule has 1 saturated heterocycles. The van der Waals surface area contributed by atoms with E-state index in [1.54, 1.807) is 0 Å². The Morgan fingerprint density at radius 3 is 2.29 bits per heavy atom. The molecule has 5 rings (SSSR count). The minimum atomic E-state index is 0.0976. The molecule has 1 heterocycles. The normalized spacial score (nSPS) is 40.6. The van der Waals surface area contributed by atoms with Crippen LogP contribution in [0.3, 0.4) is 0 Å². The molecule has 0 spiro atoms. The summed E-state index contributed by atoms with van der Waals surface area (Å²) in [5, 5.41) is 2.94. The SMILES string of the molecule is CC1CCCN(C(=O)CNC(=O)CC23CC4CC(CC(C4)C2)C3)C1. The molecule has 2 amide bonds. The predicted molar refractivity (Wildman–Crippen MR) is 93.2 cm³/mol. The third kappa shape index (κ3) is 3.34. The van der Waals surface area contributed by atoms with Gasteiger partial charge in [0.05, 0.1) is 6.54 Å². The number of amides is 2. The minimum absolute atomic E-state index is 0.0976. The van der Waals surface area contributed by atoms with Crippen LogP contribution >= 0.6 is 0 Å². The molecule has 4 saturated carbocycles. The van der Waals surface area contributed by atoms with E-state index in [1.807, 2.05) is 4.90 Å². The van der Waals surface area contributed by atoms with E-state index in [1.165, 1.54) is 44.9 Å². The Kier molecular flexibility index (Phi) is 4.34. The molecule has 24 heavy (non-hydrogen) atoms. The second kappa shape index (κ2) is 6.34. The van der Waals surface area contributed by atoms with Crippen molar-refractivity contribution >= 4 is 11.8 Å². The van der Waals surface area contributed by atoms with E-state index >= 15 is 0 Å². The van der Waals surface area contributed by atoms with Gasteiger partial charge >= 0.3 is 0 Å². The summed E-state index contributed by atoms with van der Waals surface area (Å²) in [5.41, 5.74) is 0.265. The molecule has 134 valence electrons. The van der Waals surface area contributed by atoms with Gasteiger partial charge in [-0.25, -0.2) is 0 Å². The summed E-state index contributed by atoms with van der Waals surface area (Å²) in [6.07, 6.45) is 10.9. The molecule has 0 aromatic carbocycles. The van der Waals surface area contributed by atoms with Crippen LogP contribution in [-0.4, -0.2) is 36.3 Å². The Morgan fingerprint density at radius 1 is 1.08 bits per heavy atom. The van der Waals surface area contributed by atoms with Crippen molar-refractivity contribution in [1.29, 1.82) is 0 Å².